The summed E-state index contributed by atoms with van der Waals surface area (Å²) in [5.74, 6) is -0.215. The largest absolute Gasteiger partial charge is 0.337 e. The molecule has 1 aliphatic heterocycles. The van der Waals surface area contributed by atoms with Crippen LogP contribution in [-0.2, 0) is 0 Å². The van der Waals surface area contributed by atoms with Crippen molar-refractivity contribution in [2.75, 3.05) is 18.4 Å². The predicted molar refractivity (Wildman–Crippen MR) is 109 cm³/mol. The molecule has 1 fully saturated rings. The highest BCUT2D eigenvalue weighted by Gasteiger charge is 2.26. The van der Waals surface area contributed by atoms with E-state index in [2.05, 4.69) is 16.4 Å². The molecule has 0 aliphatic carbocycles. The third kappa shape index (κ3) is 3.50. The monoisotopic (exact) mass is 376 g/mol. The first-order valence-electron chi connectivity index (χ1n) is 9.69. The van der Waals surface area contributed by atoms with E-state index in [0.29, 0.717) is 11.2 Å². The number of aryl methyl sites for hydroxylation is 2. The van der Waals surface area contributed by atoms with Gasteiger partial charge in [-0.1, -0.05) is 12.1 Å². The van der Waals surface area contributed by atoms with Crippen molar-refractivity contribution in [3.8, 4) is 0 Å². The average Bonchev–Trinajstić information content (AvgIpc) is 3.07. The molecule has 1 aromatic carbocycles. The Labute approximate surface area is 164 Å². The maximum absolute atomic E-state index is 13.0. The molecular formula is C22H24N4O2. The lowest BCUT2D eigenvalue weighted by atomic mass is 10.1. The van der Waals surface area contributed by atoms with Gasteiger partial charge in [0.2, 0.25) is 5.82 Å². The molecule has 1 aliphatic rings. The van der Waals surface area contributed by atoms with E-state index in [9.17, 15) is 9.59 Å². The number of pyridine rings is 1. The summed E-state index contributed by atoms with van der Waals surface area (Å²) < 4.78 is 1.69. The second kappa shape index (κ2) is 7.46. The summed E-state index contributed by atoms with van der Waals surface area (Å²) in [6.07, 6.45) is 4.94. The summed E-state index contributed by atoms with van der Waals surface area (Å²) in [6, 6.07) is 11.4. The maximum Gasteiger partial charge on any atom is 0.292 e. The van der Waals surface area contributed by atoms with Crippen molar-refractivity contribution in [3.05, 3.63) is 65.2 Å². The zero-order valence-electron chi connectivity index (χ0n) is 16.2. The highest BCUT2D eigenvalue weighted by molar-refractivity contribution is 6.06. The van der Waals surface area contributed by atoms with E-state index in [1.807, 2.05) is 49.1 Å². The number of nitrogens with zero attached hydrogens (tertiary/aromatic N) is 3. The molecule has 2 amide bonds. The van der Waals surface area contributed by atoms with Crippen LogP contribution in [-0.4, -0.2) is 39.2 Å². The van der Waals surface area contributed by atoms with Crippen LogP contribution in [0.25, 0.3) is 5.52 Å². The lowest BCUT2D eigenvalue weighted by molar-refractivity contribution is 0.0721. The second-order valence-corrected chi connectivity index (χ2v) is 7.42. The van der Waals surface area contributed by atoms with Crippen LogP contribution >= 0.6 is 0 Å². The van der Waals surface area contributed by atoms with Gasteiger partial charge in [-0.2, -0.15) is 0 Å². The van der Waals surface area contributed by atoms with Crippen molar-refractivity contribution in [1.82, 2.24) is 14.3 Å². The Balaban J connectivity index is 1.69. The van der Waals surface area contributed by atoms with Crippen LogP contribution in [0.1, 0.15) is 51.5 Å². The van der Waals surface area contributed by atoms with Crippen molar-refractivity contribution < 1.29 is 9.59 Å². The first-order valence-corrected chi connectivity index (χ1v) is 9.69. The molecule has 28 heavy (non-hydrogen) atoms. The number of carbonyl (C=O) groups excluding carboxylic acids is 2. The van der Waals surface area contributed by atoms with Crippen molar-refractivity contribution in [1.29, 1.82) is 0 Å². The van der Waals surface area contributed by atoms with Gasteiger partial charge in [-0.15, -0.1) is 0 Å². The van der Waals surface area contributed by atoms with Gasteiger partial charge in [0.25, 0.3) is 11.8 Å². The van der Waals surface area contributed by atoms with Crippen LogP contribution in [0.3, 0.4) is 0 Å². The fraction of sp³-hybridized carbons (Fsp3) is 0.318. The van der Waals surface area contributed by atoms with E-state index in [0.717, 1.165) is 49.2 Å². The SMILES string of the molecule is Cc1cc(C)cc(NC(=O)c2nc(C(=O)N3CCCCC3)c3ccccn23)c1. The molecule has 2 aromatic heterocycles. The zero-order valence-corrected chi connectivity index (χ0v) is 16.2. The van der Waals surface area contributed by atoms with Gasteiger partial charge in [0.15, 0.2) is 5.69 Å². The highest BCUT2D eigenvalue weighted by Crippen LogP contribution is 2.20. The van der Waals surface area contributed by atoms with Gasteiger partial charge in [0.05, 0.1) is 5.52 Å². The van der Waals surface area contributed by atoms with Crippen LogP contribution in [0.4, 0.5) is 5.69 Å². The number of hydrogen-bond acceptors (Lipinski definition) is 3. The Hall–Kier alpha value is -3.15. The highest BCUT2D eigenvalue weighted by atomic mass is 16.2. The molecule has 144 valence electrons. The summed E-state index contributed by atoms with van der Waals surface area (Å²) in [6.45, 7) is 5.47. The van der Waals surface area contributed by atoms with Gasteiger partial charge in [0, 0.05) is 25.0 Å². The number of benzene rings is 1. The quantitative estimate of drug-likeness (QED) is 0.755. The second-order valence-electron chi connectivity index (χ2n) is 7.42. The number of fused-ring (bicyclic) bond motifs is 1. The Morgan fingerprint density at radius 2 is 1.71 bits per heavy atom. The van der Waals surface area contributed by atoms with Gasteiger partial charge in [-0.3, -0.25) is 14.0 Å². The summed E-state index contributed by atoms with van der Waals surface area (Å²) in [5.41, 5.74) is 3.87. The topological polar surface area (TPSA) is 66.7 Å². The van der Waals surface area contributed by atoms with Crippen molar-refractivity contribution in [2.45, 2.75) is 33.1 Å². The van der Waals surface area contributed by atoms with E-state index in [-0.39, 0.29) is 17.6 Å². The van der Waals surface area contributed by atoms with E-state index in [4.69, 9.17) is 0 Å². The fourth-order valence-electron chi connectivity index (χ4n) is 3.84. The number of rotatable bonds is 3. The standard InChI is InChI=1S/C22H24N4O2/c1-15-12-16(2)14-17(13-15)23-21(27)20-24-19(18-8-4-7-11-26(18)20)22(28)25-9-5-3-6-10-25/h4,7-8,11-14H,3,5-6,9-10H2,1-2H3,(H,23,27). The van der Waals surface area contributed by atoms with E-state index >= 15 is 0 Å². The van der Waals surface area contributed by atoms with E-state index in [1.165, 1.54) is 0 Å². The minimum Gasteiger partial charge on any atom is -0.337 e. The first kappa shape index (κ1) is 18.2. The van der Waals surface area contributed by atoms with Gasteiger partial charge in [-0.25, -0.2) is 4.98 Å². The van der Waals surface area contributed by atoms with Crippen LogP contribution < -0.4 is 5.32 Å². The number of nitrogens with one attached hydrogen (secondary N) is 1. The Morgan fingerprint density at radius 3 is 2.43 bits per heavy atom. The molecular weight excluding hydrogens is 352 g/mol. The molecule has 6 nitrogen and oxygen atoms in total. The Bertz CT molecular complexity index is 1030. The molecule has 1 N–H and O–H groups in total. The predicted octanol–water partition coefficient (Wildman–Crippen LogP) is 3.83. The minimum absolute atomic E-state index is 0.103. The van der Waals surface area contributed by atoms with Crippen molar-refractivity contribution in [3.63, 3.8) is 0 Å². The molecule has 3 heterocycles. The molecule has 0 bridgehead atoms. The number of amides is 2. The number of carbonyl (C=O) groups is 2. The molecule has 0 unspecified atom stereocenters. The molecule has 6 heteroatoms. The maximum atomic E-state index is 13.0. The average molecular weight is 376 g/mol. The molecule has 4 rings (SSSR count). The minimum atomic E-state index is -0.330. The lowest BCUT2D eigenvalue weighted by Gasteiger charge is -2.25. The summed E-state index contributed by atoms with van der Waals surface area (Å²) in [7, 11) is 0. The molecule has 3 aromatic rings. The number of likely N-dealkylation sites (tertiary alicyclic amines) is 1. The Morgan fingerprint density at radius 1 is 1.00 bits per heavy atom. The summed E-state index contributed by atoms with van der Waals surface area (Å²) in [5, 5.41) is 2.92. The smallest absolute Gasteiger partial charge is 0.292 e. The van der Waals surface area contributed by atoms with Gasteiger partial charge >= 0.3 is 0 Å². The molecule has 0 saturated carbocycles. The van der Waals surface area contributed by atoms with Crippen molar-refractivity contribution >= 4 is 23.0 Å². The Kier molecular flexibility index (Phi) is 4.86. The summed E-state index contributed by atoms with van der Waals surface area (Å²) in [4.78, 5) is 32.3. The van der Waals surface area contributed by atoms with Crippen LogP contribution in [0.2, 0.25) is 0 Å². The normalized spacial score (nSPS) is 14.3. The van der Waals surface area contributed by atoms with E-state index < -0.39 is 0 Å². The first-order chi connectivity index (χ1) is 13.5. The third-order valence-corrected chi connectivity index (χ3v) is 5.08. The van der Waals surface area contributed by atoms with Crippen molar-refractivity contribution in [2.24, 2.45) is 0 Å². The van der Waals surface area contributed by atoms with Gasteiger partial charge < -0.3 is 10.2 Å². The van der Waals surface area contributed by atoms with E-state index in [1.54, 1.807) is 10.6 Å². The third-order valence-electron chi connectivity index (χ3n) is 5.08. The lowest BCUT2D eigenvalue weighted by Crippen LogP contribution is -2.36. The number of piperidine rings is 1. The van der Waals surface area contributed by atoms with Gasteiger partial charge in [0.1, 0.15) is 0 Å². The molecule has 1 saturated heterocycles. The van der Waals surface area contributed by atoms with Crippen LogP contribution in [0, 0.1) is 13.8 Å². The van der Waals surface area contributed by atoms with Crippen LogP contribution in [0.5, 0.6) is 0 Å². The van der Waals surface area contributed by atoms with Gasteiger partial charge in [-0.05, 0) is 68.5 Å². The number of imidazole rings is 1. The molecule has 0 radical (unpaired) electrons. The zero-order chi connectivity index (χ0) is 19.7. The number of anilines is 1. The van der Waals surface area contributed by atoms with Crippen LogP contribution in [0.15, 0.2) is 42.6 Å². The number of aromatic nitrogens is 2. The molecule has 0 spiro atoms. The number of hydrogen-bond donors (Lipinski definition) is 1. The molecule has 0 atom stereocenters. The fourth-order valence-corrected chi connectivity index (χ4v) is 3.84. The summed E-state index contributed by atoms with van der Waals surface area (Å²) >= 11 is 0.